The van der Waals surface area contributed by atoms with Gasteiger partial charge in [0.25, 0.3) is 0 Å². The number of hydrogen-bond acceptors (Lipinski definition) is 5. The number of benzene rings is 3. The van der Waals surface area contributed by atoms with E-state index in [0.29, 0.717) is 27.5 Å². The minimum atomic E-state index is -0.513. The van der Waals surface area contributed by atoms with Crippen molar-refractivity contribution in [3.05, 3.63) is 106 Å². The maximum atomic E-state index is 12.3. The fourth-order valence-corrected chi connectivity index (χ4v) is 2.68. The summed E-state index contributed by atoms with van der Waals surface area (Å²) in [7, 11) is 1.32. The summed E-state index contributed by atoms with van der Waals surface area (Å²) in [5, 5.41) is 0.530. The van der Waals surface area contributed by atoms with Crippen LogP contribution in [0.3, 0.4) is 0 Å². The minimum absolute atomic E-state index is 0.206. The van der Waals surface area contributed by atoms with Gasteiger partial charge >= 0.3 is 11.9 Å². The fraction of sp³-hybridized carbons (Fsp3) is 0.0417. The minimum Gasteiger partial charge on any atom is -0.465 e. The molecular formula is C24H17ClO5. The molecule has 0 saturated heterocycles. The summed E-state index contributed by atoms with van der Waals surface area (Å²) in [6, 6.07) is 19.3. The van der Waals surface area contributed by atoms with Gasteiger partial charge in [-0.05, 0) is 72.3 Å². The molecule has 5 nitrogen and oxygen atoms in total. The third-order valence-electron chi connectivity index (χ3n) is 4.19. The van der Waals surface area contributed by atoms with E-state index in [-0.39, 0.29) is 5.78 Å². The van der Waals surface area contributed by atoms with Crippen molar-refractivity contribution in [1.29, 1.82) is 0 Å². The quantitative estimate of drug-likeness (QED) is 0.236. The number of hydrogen-bond donors (Lipinski definition) is 0. The van der Waals surface area contributed by atoms with E-state index in [1.807, 2.05) is 0 Å². The van der Waals surface area contributed by atoms with E-state index in [1.54, 1.807) is 78.9 Å². The molecule has 0 bridgehead atoms. The SMILES string of the molecule is COC(=O)c1ccc(/C=C/C(=O)c2ccc(OC(=O)c3ccc(Cl)cc3)cc2)cc1. The van der Waals surface area contributed by atoms with Gasteiger partial charge in [-0.3, -0.25) is 4.79 Å². The van der Waals surface area contributed by atoms with Crippen molar-refractivity contribution in [1.82, 2.24) is 0 Å². The van der Waals surface area contributed by atoms with Gasteiger partial charge in [0.2, 0.25) is 0 Å². The Morgan fingerprint density at radius 3 is 1.87 bits per heavy atom. The highest BCUT2D eigenvalue weighted by Gasteiger charge is 2.09. The van der Waals surface area contributed by atoms with Crippen LogP contribution in [0.2, 0.25) is 5.02 Å². The smallest absolute Gasteiger partial charge is 0.343 e. The van der Waals surface area contributed by atoms with Gasteiger partial charge in [0, 0.05) is 10.6 Å². The van der Waals surface area contributed by atoms with Crippen LogP contribution in [0.1, 0.15) is 36.6 Å². The Kier molecular flexibility index (Phi) is 6.78. The van der Waals surface area contributed by atoms with Crippen molar-refractivity contribution in [3.8, 4) is 5.75 Å². The van der Waals surface area contributed by atoms with Crippen LogP contribution in [0.25, 0.3) is 6.08 Å². The second kappa shape index (κ2) is 9.67. The predicted octanol–water partition coefficient (Wildman–Crippen LogP) is 5.24. The Morgan fingerprint density at radius 2 is 1.27 bits per heavy atom. The number of allylic oxidation sites excluding steroid dienone is 1. The maximum Gasteiger partial charge on any atom is 0.343 e. The lowest BCUT2D eigenvalue weighted by Gasteiger charge is -2.05. The highest BCUT2D eigenvalue weighted by atomic mass is 35.5. The van der Waals surface area contributed by atoms with E-state index in [0.717, 1.165) is 5.56 Å². The van der Waals surface area contributed by atoms with Gasteiger partial charge < -0.3 is 9.47 Å². The molecule has 0 spiro atoms. The van der Waals surface area contributed by atoms with E-state index in [9.17, 15) is 14.4 Å². The normalized spacial score (nSPS) is 10.6. The molecule has 0 N–H and O–H groups in total. The van der Waals surface area contributed by atoms with Gasteiger partial charge in [-0.25, -0.2) is 9.59 Å². The molecule has 3 aromatic carbocycles. The standard InChI is InChI=1S/C24H17ClO5/c1-29-23(27)18-5-2-16(3-6-18)4-15-22(26)17-9-13-21(14-10-17)30-24(28)19-7-11-20(25)12-8-19/h2-15H,1H3/b15-4+. The molecule has 0 atom stereocenters. The Bertz CT molecular complexity index is 1080. The van der Waals surface area contributed by atoms with Gasteiger partial charge in [0.05, 0.1) is 18.2 Å². The van der Waals surface area contributed by atoms with E-state index >= 15 is 0 Å². The first-order chi connectivity index (χ1) is 14.5. The molecule has 0 amide bonds. The molecule has 0 aliphatic carbocycles. The lowest BCUT2D eigenvalue weighted by atomic mass is 10.1. The van der Waals surface area contributed by atoms with Gasteiger partial charge in [-0.2, -0.15) is 0 Å². The zero-order chi connectivity index (χ0) is 21.5. The molecule has 0 radical (unpaired) electrons. The number of esters is 2. The number of carbonyl (C=O) groups excluding carboxylic acids is 3. The van der Waals surface area contributed by atoms with Crippen LogP contribution >= 0.6 is 11.6 Å². The molecular weight excluding hydrogens is 404 g/mol. The van der Waals surface area contributed by atoms with Crippen molar-refractivity contribution in [2.75, 3.05) is 7.11 Å². The van der Waals surface area contributed by atoms with Crippen molar-refractivity contribution < 1.29 is 23.9 Å². The van der Waals surface area contributed by atoms with E-state index < -0.39 is 11.9 Å². The van der Waals surface area contributed by atoms with Gasteiger partial charge in [0.15, 0.2) is 5.78 Å². The summed E-state index contributed by atoms with van der Waals surface area (Å²) in [5.41, 5.74) is 2.03. The second-order valence-electron chi connectivity index (χ2n) is 6.23. The van der Waals surface area contributed by atoms with E-state index in [2.05, 4.69) is 4.74 Å². The maximum absolute atomic E-state index is 12.3. The van der Waals surface area contributed by atoms with Crippen LogP contribution in [-0.4, -0.2) is 24.8 Å². The number of carbonyl (C=O) groups is 3. The monoisotopic (exact) mass is 420 g/mol. The van der Waals surface area contributed by atoms with Crippen LogP contribution in [0.5, 0.6) is 5.75 Å². The van der Waals surface area contributed by atoms with Crippen LogP contribution in [0.4, 0.5) is 0 Å². The highest BCUT2D eigenvalue weighted by molar-refractivity contribution is 6.30. The molecule has 150 valence electrons. The van der Waals surface area contributed by atoms with E-state index in [1.165, 1.54) is 13.2 Å². The number of ketones is 1. The van der Waals surface area contributed by atoms with Crippen molar-refractivity contribution >= 4 is 35.4 Å². The topological polar surface area (TPSA) is 69.7 Å². The zero-order valence-corrected chi connectivity index (χ0v) is 16.8. The third kappa shape index (κ3) is 5.43. The first-order valence-corrected chi connectivity index (χ1v) is 9.32. The zero-order valence-electron chi connectivity index (χ0n) is 16.0. The largest absolute Gasteiger partial charge is 0.465 e. The second-order valence-corrected chi connectivity index (χ2v) is 6.67. The van der Waals surface area contributed by atoms with Crippen molar-refractivity contribution in [2.24, 2.45) is 0 Å². The van der Waals surface area contributed by atoms with Crippen LogP contribution < -0.4 is 4.74 Å². The average molecular weight is 421 g/mol. The molecule has 3 aromatic rings. The van der Waals surface area contributed by atoms with E-state index in [4.69, 9.17) is 16.3 Å². The van der Waals surface area contributed by atoms with Crippen molar-refractivity contribution in [3.63, 3.8) is 0 Å². The molecule has 3 rings (SSSR count). The summed E-state index contributed by atoms with van der Waals surface area (Å²) in [4.78, 5) is 35.9. The lowest BCUT2D eigenvalue weighted by molar-refractivity contribution is 0.0600. The summed E-state index contributed by atoms with van der Waals surface area (Å²) < 4.78 is 9.94. The Morgan fingerprint density at radius 1 is 0.733 bits per heavy atom. The first kappa shape index (κ1) is 21.0. The van der Waals surface area contributed by atoms with Crippen LogP contribution in [0.15, 0.2) is 78.9 Å². The molecule has 0 fully saturated rings. The van der Waals surface area contributed by atoms with Gasteiger partial charge in [-0.15, -0.1) is 0 Å². The Labute approximate surface area is 178 Å². The highest BCUT2D eigenvalue weighted by Crippen LogP contribution is 2.17. The molecule has 0 aromatic heterocycles. The molecule has 0 saturated carbocycles. The van der Waals surface area contributed by atoms with Crippen LogP contribution in [-0.2, 0) is 4.74 Å². The average Bonchev–Trinajstić information content (AvgIpc) is 2.78. The summed E-state index contributed by atoms with van der Waals surface area (Å²) in [5.74, 6) is -0.809. The summed E-state index contributed by atoms with van der Waals surface area (Å²) in [6.45, 7) is 0. The molecule has 0 heterocycles. The molecule has 0 unspecified atom stereocenters. The molecule has 0 aliphatic rings. The number of rotatable bonds is 6. The Balaban J connectivity index is 1.61. The third-order valence-corrected chi connectivity index (χ3v) is 4.44. The van der Waals surface area contributed by atoms with Crippen LogP contribution in [0, 0.1) is 0 Å². The molecule has 6 heteroatoms. The number of halogens is 1. The summed E-state index contributed by atoms with van der Waals surface area (Å²) in [6.07, 6.45) is 3.08. The van der Waals surface area contributed by atoms with Gasteiger partial charge in [0.1, 0.15) is 5.75 Å². The lowest BCUT2D eigenvalue weighted by Crippen LogP contribution is -2.08. The van der Waals surface area contributed by atoms with Crippen molar-refractivity contribution in [2.45, 2.75) is 0 Å². The van der Waals surface area contributed by atoms with Gasteiger partial charge in [-0.1, -0.05) is 29.8 Å². The predicted molar refractivity (Wildman–Crippen MR) is 114 cm³/mol. The Hall–Kier alpha value is -3.70. The number of methoxy groups -OCH3 is 1. The molecule has 30 heavy (non-hydrogen) atoms. The fourth-order valence-electron chi connectivity index (χ4n) is 2.56. The molecule has 0 aliphatic heterocycles. The first-order valence-electron chi connectivity index (χ1n) is 8.95. The number of ether oxygens (including phenoxy) is 2. The summed E-state index contributed by atoms with van der Waals surface area (Å²) >= 11 is 5.81.